The lowest BCUT2D eigenvalue weighted by atomic mass is 9.99. The summed E-state index contributed by atoms with van der Waals surface area (Å²) >= 11 is 0. The fourth-order valence-electron chi connectivity index (χ4n) is 4.24. The minimum atomic E-state index is -3.53. The van der Waals surface area contributed by atoms with Crippen LogP contribution in [0.4, 0.5) is 5.82 Å². The number of rotatable bonds is 6. The Hall–Kier alpha value is -1.92. The van der Waals surface area contributed by atoms with E-state index in [-0.39, 0.29) is 6.04 Å². The molecule has 0 radical (unpaired) electrons. The summed E-state index contributed by atoms with van der Waals surface area (Å²) in [5.74, 6) is 0.933. The zero-order valence-electron chi connectivity index (χ0n) is 18.2. The SMILES string of the molecule is Cc1ccc(S(=O)(=O)N2CCCC[C@H]2c2ccc(N(C(C)C)C(C)C)nc2)cc1. The second-order valence-electron chi connectivity index (χ2n) is 8.48. The molecular weight excluding hydrogens is 382 g/mol. The summed E-state index contributed by atoms with van der Waals surface area (Å²) in [7, 11) is -3.53. The van der Waals surface area contributed by atoms with Crippen LogP contribution < -0.4 is 4.90 Å². The van der Waals surface area contributed by atoms with Crippen molar-refractivity contribution in [3.05, 3.63) is 53.7 Å². The molecular formula is C23H33N3O2S. The molecule has 29 heavy (non-hydrogen) atoms. The molecule has 1 aliphatic rings. The summed E-state index contributed by atoms with van der Waals surface area (Å²) in [5.41, 5.74) is 2.02. The van der Waals surface area contributed by atoms with E-state index in [0.717, 1.165) is 36.2 Å². The average Bonchev–Trinajstić information content (AvgIpc) is 2.68. The van der Waals surface area contributed by atoms with Gasteiger partial charge in [-0.2, -0.15) is 4.31 Å². The first-order valence-corrected chi connectivity index (χ1v) is 12.0. The summed E-state index contributed by atoms with van der Waals surface area (Å²) in [4.78, 5) is 7.34. The standard InChI is InChI=1S/C23H33N3O2S/c1-17(2)26(18(3)4)23-14-11-20(16-24-23)22-8-6-7-15-25(22)29(27,28)21-12-9-19(5)10-13-21/h9-14,16-18,22H,6-8,15H2,1-5H3/t22-/m0/s1. The maximum Gasteiger partial charge on any atom is 0.243 e. The lowest BCUT2D eigenvalue weighted by molar-refractivity contribution is 0.255. The highest BCUT2D eigenvalue weighted by molar-refractivity contribution is 7.89. The van der Waals surface area contributed by atoms with Gasteiger partial charge >= 0.3 is 0 Å². The predicted molar refractivity (Wildman–Crippen MR) is 119 cm³/mol. The van der Waals surface area contributed by atoms with Crippen molar-refractivity contribution in [2.75, 3.05) is 11.4 Å². The molecule has 2 aromatic rings. The van der Waals surface area contributed by atoms with Gasteiger partial charge in [0.25, 0.3) is 0 Å². The predicted octanol–water partition coefficient (Wildman–Crippen LogP) is 4.93. The van der Waals surface area contributed by atoms with E-state index in [2.05, 4.69) is 32.6 Å². The van der Waals surface area contributed by atoms with E-state index < -0.39 is 10.0 Å². The summed E-state index contributed by atoms with van der Waals surface area (Å²) < 4.78 is 28.3. The van der Waals surface area contributed by atoms with E-state index >= 15 is 0 Å². The van der Waals surface area contributed by atoms with Crippen molar-refractivity contribution in [1.82, 2.24) is 9.29 Å². The van der Waals surface area contributed by atoms with Crippen LogP contribution in [-0.2, 0) is 10.0 Å². The molecule has 1 aromatic heterocycles. The van der Waals surface area contributed by atoms with Crippen molar-refractivity contribution in [2.45, 2.75) is 76.9 Å². The summed E-state index contributed by atoms with van der Waals surface area (Å²) in [6.45, 7) is 11.1. The third-order valence-corrected chi connectivity index (χ3v) is 7.54. The molecule has 6 heteroatoms. The Morgan fingerprint density at radius 2 is 1.66 bits per heavy atom. The number of aromatic nitrogens is 1. The van der Waals surface area contributed by atoms with Gasteiger partial charge in [-0.3, -0.25) is 0 Å². The van der Waals surface area contributed by atoms with Gasteiger partial charge in [0.15, 0.2) is 0 Å². The van der Waals surface area contributed by atoms with E-state index in [0.29, 0.717) is 23.5 Å². The van der Waals surface area contributed by atoms with Crippen molar-refractivity contribution >= 4 is 15.8 Å². The quantitative estimate of drug-likeness (QED) is 0.671. The highest BCUT2D eigenvalue weighted by Gasteiger charge is 2.34. The van der Waals surface area contributed by atoms with E-state index in [1.165, 1.54) is 0 Å². The van der Waals surface area contributed by atoms with Crippen LogP contribution in [0.5, 0.6) is 0 Å². The highest BCUT2D eigenvalue weighted by Crippen LogP contribution is 2.35. The monoisotopic (exact) mass is 415 g/mol. The van der Waals surface area contributed by atoms with Gasteiger partial charge in [0.1, 0.15) is 5.82 Å². The van der Waals surface area contributed by atoms with E-state index in [9.17, 15) is 8.42 Å². The molecule has 0 saturated carbocycles. The zero-order valence-corrected chi connectivity index (χ0v) is 19.0. The number of hydrogen-bond donors (Lipinski definition) is 0. The maximum atomic E-state index is 13.3. The minimum Gasteiger partial charge on any atom is -0.352 e. The minimum absolute atomic E-state index is 0.164. The van der Waals surface area contributed by atoms with Crippen molar-refractivity contribution in [1.29, 1.82) is 0 Å². The fourth-order valence-corrected chi connectivity index (χ4v) is 5.93. The van der Waals surface area contributed by atoms with Crippen LogP contribution >= 0.6 is 0 Å². The third kappa shape index (κ3) is 4.64. The van der Waals surface area contributed by atoms with Crippen molar-refractivity contribution in [3.8, 4) is 0 Å². The molecule has 0 unspecified atom stereocenters. The number of aryl methyl sites for hydroxylation is 1. The van der Waals surface area contributed by atoms with Crippen LogP contribution in [-0.4, -0.2) is 36.3 Å². The van der Waals surface area contributed by atoms with Gasteiger partial charge in [-0.1, -0.05) is 30.2 Å². The van der Waals surface area contributed by atoms with Gasteiger partial charge in [0, 0.05) is 24.8 Å². The van der Waals surface area contributed by atoms with Crippen LogP contribution in [0, 0.1) is 6.92 Å². The van der Waals surface area contributed by atoms with Gasteiger partial charge < -0.3 is 4.90 Å². The van der Waals surface area contributed by atoms with Crippen LogP contribution in [0.2, 0.25) is 0 Å². The maximum absolute atomic E-state index is 13.3. The first kappa shape index (κ1) is 21.8. The number of nitrogens with zero attached hydrogens (tertiary/aromatic N) is 3. The van der Waals surface area contributed by atoms with Gasteiger partial charge in [-0.05, 0) is 71.2 Å². The molecule has 2 heterocycles. The van der Waals surface area contributed by atoms with Crippen LogP contribution in [0.15, 0.2) is 47.5 Å². The molecule has 0 bridgehead atoms. The Balaban J connectivity index is 1.91. The topological polar surface area (TPSA) is 53.5 Å². The molecule has 3 rings (SSSR count). The number of anilines is 1. The molecule has 1 fully saturated rings. The van der Waals surface area contributed by atoms with E-state index in [1.807, 2.05) is 37.4 Å². The Kier molecular flexibility index (Phi) is 6.64. The molecule has 0 amide bonds. The first-order valence-electron chi connectivity index (χ1n) is 10.5. The Bertz CT molecular complexity index is 898. The lowest BCUT2D eigenvalue weighted by Gasteiger charge is -2.35. The van der Waals surface area contributed by atoms with Crippen molar-refractivity contribution < 1.29 is 8.42 Å². The Morgan fingerprint density at radius 1 is 1.00 bits per heavy atom. The molecule has 1 saturated heterocycles. The lowest BCUT2D eigenvalue weighted by Crippen LogP contribution is -2.39. The van der Waals surface area contributed by atoms with Crippen LogP contribution in [0.25, 0.3) is 0 Å². The number of hydrogen-bond acceptors (Lipinski definition) is 4. The van der Waals surface area contributed by atoms with E-state index in [1.54, 1.807) is 16.4 Å². The van der Waals surface area contributed by atoms with Gasteiger partial charge in [0.2, 0.25) is 10.0 Å². The van der Waals surface area contributed by atoms with Crippen molar-refractivity contribution in [3.63, 3.8) is 0 Å². The van der Waals surface area contributed by atoms with Crippen LogP contribution in [0.3, 0.4) is 0 Å². The second kappa shape index (κ2) is 8.84. The summed E-state index contributed by atoms with van der Waals surface area (Å²) in [6.07, 6.45) is 4.60. The number of pyridine rings is 1. The second-order valence-corrected chi connectivity index (χ2v) is 10.4. The van der Waals surface area contributed by atoms with Crippen molar-refractivity contribution in [2.24, 2.45) is 0 Å². The summed E-state index contributed by atoms with van der Waals surface area (Å²) in [5, 5.41) is 0. The normalized spacial score (nSPS) is 18.4. The molecule has 1 aliphatic heterocycles. The Morgan fingerprint density at radius 3 is 2.21 bits per heavy atom. The smallest absolute Gasteiger partial charge is 0.243 e. The molecule has 0 N–H and O–H groups in total. The highest BCUT2D eigenvalue weighted by atomic mass is 32.2. The molecule has 0 aliphatic carbocycles. The van der Waals surface area contributed by atoms with Gasteiger partial charge in [0.05, 0.1) is 10.9 Å². The third-order valence-electron chi connectivity index (χ3n) is 5.61. The molecule has 0 spiro atoms. The molecule has 158 valence electrons. The fraction of sp³-hybridized carbons (Fsp3) is 0.522. The number of piperidine rings is 1. The molecule has 5 nitrogen and oxygen atoms in total. The number of benzene rings is 1. The summed E-state index contributed by atoms with van der Waals surface area (Å²) in [6, 6.07) is 11.7. The zero-order chi connectivity index (χ0) is 21.2. The largest absolute Gasteiger partial charge is 0.352 e. The van der Waals surface area contributed by atoms with Gasteiger partial charge in [-0.25, -0.2) is 13.4 Å². The first-order chi connectivity index (χ1) is 13.7. The number of sulfonamides is 1. The Labute approximate surface area is 175 Å². The van der Waals surface area contributed by atoms with E-state index in [4.69, 9.17) is 4.98 Å². The average molecular weight is 416 g/mol. The molecule has 1 atom stereocenters. The molecule has 1 aromatic carbocycles. The van der Waals surface area contributed by atoms with Gasteiger partial charge in [-0.15, -0.1) is 0 Å². The van der Waals surface area contributed by atoms with Crippen LogP contribution in [0.1, 0.15) is 64.1 Å².